The monoisotopic (exact) mass is 378 g/mol. The number of carbonyl (C=O) groups is 1. The summed E-state index contributed by atoms with van der Waals surface area (Å²) in [6.45, 7) is 1.84. The quantitative estimate of drug-likeness (QED) is 0.854. The number of amides is 1. The molecule has 132 valence electrons. The molecule has 0 unspecified atom stereocenters. The molecule has 1 aliphatic heterocycles. The molecule has 1 heterocycles. The Hall–Kier alpha value is -2.19. The van der Waals surface area contributed by atoms with E-state index in [9.17, 15) is 13.2 Å². The van der Waals surface area contributed by atoms with Crippen molar-refractivity contribution in [2.75, 3.05) is 22.9 Å². The largest absolute Gasteiger partial charge is 0.497 e. The van der Waals surface area contributed by atoms with Crippen molar-refractivity contribution in [3.8, 4) is 5.75 Å². The zero-order valence-corrected chi connectivity index (χ0v) is 15.4. The molecule has 6 nitrogen and oxygen atoms in total. The lowest BCUT2D eigenvalue weighted by Gasteiger charge is -2.12. The van der Waals surface area contributed by atoms with Gasteiger partial charge in [0.15, 0.2) is 0 Å². The van der Waals surface area contributed by atoms with Crippen LogP contribution in [0.1, 0.15) is 6.92 Å². The van der Waals surface area contributed by atoms with Gasteiger partial charge in [-0.1, -0.05) is 6.92 Å². The average molecular weight is 378 g/mol. The maximum atomic E-state index is 12.6. The van der Waals surface area contributed by atoms with Gasteiger partial charge in [-0.15, -0.1) is 11.8 Å². The van der Waals surface area contributed by atoms with Gasteiger partial charge in [-0.05, 0) is 42.5 Å². The standard InChI is InChI=1S/C17H18N2O4S2/c1-11-10-24-16-8-7-14(9-15(16)18-17(11)20)25(21,22)19-12-3-5-13(23-2)6-4-12/h3-9,11,19H,10H2,1-2H3,(H,18,20)/t11-/m1/s1. The van der Waals surface area contributed by atoms with Gasteiger partial charge in [0.1, 0.15) is 5.75 Å². The highest BCUT2D eigenvalue weighted by Crippen LogP contribution is 2.34. The lowest BCUT2D eigenvalue weighted by molar-refractivity contribution is -0.118. The Balaban J connectivity index is 1.87. The van der Waals surface area contributed by atoms with Gasteiger partial charge >= 0.3 is 0 Å². The number of carbonyl (C=O) groups excluding carboxylic acids is 1. The molecule has 0 spiro atoms. The molecule has 3 rings (SSSR count). The van der Waals surface area contributed by atoms with Crippen molar-refractivity contribution in [3.05, 3.63) is 42.5 Å². The summed E-state index contributed by atoms with van der Waals surface area (Å²) < 4.78 is 32.8. The molecule has 1 aliphatic rings. The predicted molar refractivity (Wildman–Crippen MR) is 98.8 cm³/mol. The number of rotatable bonds is 4. The molecule has 0 aliphatic carbocycles. The van der Waals surface area contributed by atoms with E-state index in [1.165, 1.54) is 17.8 Å². The normalized spacial score (nSPS) is 17.2. The summed E-state index contributed by atoms with van der Waals surface area (Å²) in [5, 5.41) is 2.80. The molecule has 2 N–H and O–H groups in total. The van der Waals surface area contributed by atoms with Crippen LogP contribution >= 0.6 is 11.8 Å². The van der Waals surface area contributed by atoms with E-state index < -0.39 is 10.0 Å². The Labute approximate surface area is 151 Å². The molecule has 1 atom stereocenters. The van der Waals surface area contributed by atoms with Gasteiger partial charge in [-0.3, -0.25) is 9.52 Å². The molecular formula is C17H18N2O4S2. The van der Waals surface area contributed by atoms with Crippen molar-refractivity contribution < 1.29 is 17.9 Å². The second kappa shape index (κ2) is 6.97. The minimum Gasteiger partial charge on any atom is -0.497 e. The number of sulfonamides is 1. The van der Waals surface area contributed by atoms with Gasteiger partial charge in [0.2, 0.25) is 5.91 Å². The fourth-order valence-electron chi connectivity index (χ4n) is 2.32. The van der Waals surface area contributed by atoms with E-state index in [2.05, 4.69) is 10.0 Å². The van der Waals surface area contributed by atoms with Crippen LogP contribution in [0.15, 0.2) is 52.3 Å². The highest BCUT2D eigenvalue weighted by molar-refractivity contribution is 7.99. The van der Waals surface area contributed by atoms with Crippen molar-refractivity contribution in [1.82, 2.24) is 0 Å². The summed E-state index contributed by atoms with van der Waals surface area (Å²) in [7, 11) is -2.22. The number of hydrogen-bond donors (Lipinski definition) is 2. The van der Waals surface area contributed by atoms with E-state index in [1.807, 2.05) is 6.92 Å². The predicted octanol–water partition coefficient (Wildman–Crippen LogP) is 3.18. The number of hydrogen-bond acceptors (Lipinski definition) is 5. The number of fused-ring (bicyclic) bond motifs is 1. The van der Waals surface area contributed by atoms with Crippen LogP contribution in [-0.4, -0.2) is 27.2 Å². The highest BCUT2D eigenvalue weighted by Gasteiger charge is 2.23. The Kier molecular flexibility index (Phi) is 4.91. The Morgan fingerprint density at radius 1 is 1.20 bits per heavy atom. The topological polar surface area (TPSA) is 84.5 Å². The maximum absolute atomic E-state index is 12.6. The van der Waals surface area contributed by atoms with E-state index in [0.29, 0.717) is 22.9 Å². The molecule has 0 saturated heterocycles. The summed E-state index contributed by atoms with van der Waals surface area (Å²) in [5.41, 5.74) is 0.958. The zero-order chi connectivity index (χ0) is 18.0. The van der Waals surface area contributed by atoms with E-state index >= 15 is 0 Å². The average Bonchev–Trinajstić information content (AvgIpc) is 2.74. The maximum Gasteiger partial charge on any atom is 0.261 e. The second-order valence-corrected chi connectivity index (χ2v) is 8.44. The lowest BCUT2D eigenvalue weighted by Crippen LogP contribution is -2.20. The van der Waals surface area contributed by atoms with Gasteiger partial charge in [0.05, 0.1) is 17.7 Å². The van der Waals surface area contributed by atoms with Crippen LogP contribution < -0.4 is 14.8 Å². The molecule has 0 saturated carbocycles. The van der Waals surface area contributed by atoms with Crippen LogP contribution in [0.25, 0.3) is 0 Å². The first kappa shape index (κ1) is 17.6. The van der Waals surface area contributed by atoms with Crippen molar-refractivity contribution >= 4 is 39.1 Å². The van der Waals surface area contributed by atoms with Crippen molar-refractivity contribution in [2.24, 2.45) is 5.92 Å². The van der Waals surface area contributed by atoms with Gasteiger partial charge in [-0.2, -0.15) is 0 Å². The van der Waals surface area contributed by atoms with Crippen molar-refractivity contribution in [1.29, 1.82) is 0 Å². The Morgan fingerprint density at radius 3 is 2.60 bits per heavy atom. The number of ether oxygens (including phenoxy) is 1. The molecule has 0 radical (unpaired) electrons. The summed E-state index contributed by atoms with van der Waals surface area (Å²) >= 11 is 1.54. The SMILES string of the molecule is COc1ccc(NS(=O)(=O)c2ccc3c(c2)NC(=O)[C@H](C)CS3)cc1. The van der Waals surface area contributed by atoms with E-state index in [-0.39, 0.29) is 16.7 Å². The number of nitrogens with one attached hydrogen (secondary N) is 2. The number of thioether (sulfide) groups is 1. The summed E-state index contributed by atoms with van der Waals surface area (Å²) in [5.74, 6) is 1.07. The summed E-state index contributed by atoms with van der Waals surface area (Å²) in [4.78, 5) is 12.9. The molecule has 8 heteroatoms. The van der Waals surface area contributed by atoms with Crippen LogP contribution in [0, 0.1) is 5.92 Å². The fraction of sp³-hybridized carbons (Fsp3) is 0.235. The van der Waals surface area contributed by atoms with E-state index in [4.69, 9.17) is 4.74 Å². The van der Waals surface area contributed by atoms with Gasteiger partial charge in [-0.25, -0.2) is 8.42 Å². The zero-order valence-electron chi connectivity index (χ0n) is 13.8. The van der Waals surface area contributed by atoms with Crippen LogP contribution in [0.2, 0.25) is 0 Å². The van der Waals surface area contributed by atoms with Gasteiger partial charge in [0, 0.05) is 22.3 Å². The lowest BCUT2D eigenvalue weighted by atomic mass is 10.2. The number of anilines is 2. The van der Waals surface area contributed by atoms with Gasteiger partial charge in [0.25, 0.3) is 10.0 Å². The van der Waals surface area contributed by atoms with Crippen LogP contribution in [0.5, 0.6) is 5.75 Å². The molecule has 1 amide bonds. The Bertz CT molecular complexity index is 895. The molecule has 25 heavy (non-hydrogen) atoms. The highest BCUT2D eigenvalue weighted by atomic mass is 32.2. The number of benzene rings is 2. The molecule has 2 aromatic rings. The van der Waals surface area contributed by atoms with E-state index in [0.717, 1.165) is 4.90 Å². The van der Waals surface area contributed by atoms with Crippen LogP contribution in [0.4, 0.5) is 11.4 Å². The summed E-state index contributed by atoms with van der Waals surface area (Å²) in [6.07, 6.45) is 0. The van der Waals surface area contributed by atoms with E-state index in [1.54, 1.807) is 43.5 Å². The first-order valence-corrected chi connectivity index (χ1v) is 10.1. The first-order chi connectivity index (χ1) is 11.9. The first-order valence-electron chi connectivity index (χ1n) is 7.63. The fourth-order valence-corrected chi connectivity index (χ4v) is 4.41. The molecule has 0 fully saturated rings. The molecular weight excluding hydrogens is 360 g/mol. The van der Waals surface area contributed by atoms with Crippen molar-refractivity contribution in [3.63, 3.8) is 0 Å². The van der Waals surface area contributed by atoms with Gasteiger partial charge < -0.3 is 10.1 Å². The minimum absolute atomic E-state index is 0.0949. The van der Waals surface area contributed by atoms with Crippen LogP contribution in [-0.2, 0) is 14.8 Å². The number of methoxy groups -OCH3 is 1. The third-order valence-corrected chi connectivity index (χ3v) is 6.51. The molecule has 2 aromatic carbocycles. The second-order valence-electron chi connectivity index (χ2n) is 5.69. The van der Waals surface area contributed by atoms with Crippen molar-refractivity contribution in [2.45, 2.75) is 16.7 Å². The third-order valence-electron chi connectivity index (χ3n) is 3.80. The summed E-state index contributed by atoms with van der Waals surface area (Å²) in [6, 6.07) is 11.4. The smallest absolute Gasteiger partial charge is 0.261 e. The molecule has 0 aromatic heterocycles. The molecule has 0 bridgehead atoms. The third kappa shape index (κ3) is 3.91. The van der Waals surface area contributed by atoms with Crippen LogP contribution in [0.3, 0.4) is 0 Å². The minimum atomic E-state index is -3.76. The Morgan fingerprint density at radius 2 is 1.92 bits per heavy atom.